The highest BCUT2D eigenvalue weighted by Gasteiger charge is 2.18. The molecule has 0 saturated carbocycles. The molecular formula is C15H16FNO2. The number of halogens is 1. The van der Waals surface area contributed by atoms with Gasteiger partial charge in [0.25, 0.3) is 5.91 Å². The molecule has 0 fully saturated rings. The monoisotopic (exact) mass is 261 g/mol. The molecular weight excluding hydrogens is 245 g/mol. The molecule has 0 bridgehead atoms. The van der Waals surface area contributed by atoms with E-state index in [1.165, 1.54) is 11.0 Å². The Hall–Kier alpha value is -2.10. The summed E-state index contributed by atoms with van der Waals surface area (Å²) in [4.78, 5) is 13.7. The molecule has 1 aromatic heterocycles. The fourth-order valence-electron chi connectivity index (χ4n) is 2.00. The molecule has 0 aliphatic heterocycles. The molecule has 1 heterocycles. The van der Waals surface area contributed by atoms with Gasteiger partial charge in [0.15, 0.2) is 0 Å². The molecule has 2 aromatic rings. The van der Waals surface area contributed by atoms with E-state index in [1.54, 1.807) is 45.2 Å². The van der Waals surface area contributed by atoms with Gasteiger partial charge in [-0.2, -0.15) is 0 Å². The van der Waals surface area contributed by atoms with Crippen LogP contribution in [0.15, 0.2) is 34.7 Å². The van der Waals surface area contributed by atoms with Crippen LogP contribution in [-0.4, -0.2) is 17.9 Å². The zero-order chi connectivity index (χ0) is 14.0. The van der Waals surface area contributed by atoms with Crippen LogP contribution in [0.3, 0.4) is 0 Å². The largest absolute Gasteiger partial charge is 0.466 e. The van der Waals surface area contributed by atoms with E-state index in [2.05, 4.69) is 0 Å². The van der Waals surface area contributed by atoms with Crippen molar-refractivity contribution in [3.63, 3.8) is 0 Å². The zero-order valence-corrected chi connectivity index (χ0v) is 11.2. The molecule has 100 valence electrons. The molecule has 19 heavy (non-hydrogen) atoms. The average Bonchev–Trinajstić information content (AvgIpc) is 2.70. The summed E-state index contributed by atoms with van der Waals surface area (Å²) in [5.41, 5.74) is 1.02. The first-order valence-corrected chi connectivity index (χ1v) is 6.05. The Morgan fingerprint density at radius 3 is 2.58 bits per heavy atom. The fourth-order valence-corrected chi connectivity index (χ4v) is 2.00. The van der Waals surface area contributed by atoms with E-state index in [1.807, 2.05) is 0 Å². The number of rotatable bonds is 3. The van der Waals surface area contributed by atoms with Crippen LogP contribution >= 0.6 is 0 Å². The average molecular weight is 261 g/mol. The van der Waals surface area contributed by atoms with E-state index < -0.39 is 0 Å². The smallest absolute Gasteiger partial charge is 0.257 e. The van der Waals surface area contributed by atoms with Gasteiger partial charge in [0.05, 0.1) is 5.56 Å². The Balaban J connectivity index is 2.16. The molecule has 1 amide bonds. The summed E-state index contributed by atoms with van der Waals surface area (Å²) in [6.45, 7) is 3.77. The lowest BCUT2D eigenvalue weighted by Crippen LogP contribution is -2.26. The van der Waals surface area contributed by atoms with E-state index in [-0.39, 0.29) is 18.3 Å². The number of aryl methyl sites for hydroxylation is 2. The minimum absolute atomic E-state index is 0.169. The summed E-state index contributed by atoms with van der Waals surface area (Å²) in [6.07, 6.45) is 0. The number of carbonyl (C=O) groups excluding carboxylic acids is 1. The number of amides is 1. The van der Waals surface area contributed by atoms with Crippen molar-refractivity contribution in [1.29, 1.82) is 0 Å². The van der Waals surface area contributed by atoms with Gasteiger partial charge >= 0.3 is 0 Å². The summed E-state index contributed by atoms with van der Waals surface area (Å²) in [5.74, 6) is 0.808. The predicted octanol–water partition coefficient (Wildman–Crippen LogP) is 3.31. The molecule has 0 spiro atoms. The highest BCUT2D eigenvalue weighted by molar-refractivity contribution is 5.95. The molecule has 4 heteroatoms. The van der Waals surface area contributed by atoms with Crippen molar-refractivity contribution in [2.24, 2.45) is 0 Å². The lowest BCUT2D eigenvalue weighted by atomic mass is 10.1. The minimum Gasteiger partial charge on any atom is -0.466 e. The van der Waals surface area contributed by atoms with Crippen molar-refractivity contribution in [1.82, 2.24) is 4.90 Å². The van der Waals surface area contributed by atoms with Crippen LogP contribution in [0.4, 0.5) is 4.39 Å². The van der Waals surface area contributed by atoms with Gasteiger partial charge in [-0.3, -0.25) is 4.79 Å². The normalized spacial score (nSPS) is 10.5. The fraction of sp³-hybridized carbons (Fsp3) is 0.267. The molecule has 0 unspecified atom stereocenters. The Bertz CT molecular complexity index is 604. The van der Waals surface area contributed by atoms with Gasteiger partial charge in [-0.15, -0.1) is 0 Å². The van der Waals surface area contributed by atoms with Gasteiger partial charge in [-0.1, -0.05) is 18.2 Å². The van der Waals surface area contributed by atoms with Crippen LogP contribution in [0.2, 0.25) is 0 Å². The highest BCUT2D eigenvalue weighted by Crippen LogP contribution is 2.17. The number of benzene rings is 1. The Labute approximate surface area is 111 Å². The molecule has 1 aromatic carbocycles. The van der Waals surface area contributed by atoms with Crippen molar-refractivity contribution in [3.8, 4) is 0 Å². The molecule has 0 N–H and O–H groups in total. The summed E-state index contributed by atoms with van der Waals surface area (Å²) in [6, 6.07) is 8.15. The molecule has 3 nitrogen and oxygen atoms in total. The van der Waals surface area contributed by atoms with Crippen LogP contribution in [0.5, 0.6) is 0 Å². The van der Waals surface area contributed by atoms with Gasteiger partial charge in [0.1, 0.15) is 17.3 Å². The Morgan fingerprint density at radius 2 is 2.00 bits per heavy atom. The van der Waals surface area contributed by atoms with Gasteiger partial charge in [0.2, 0.25) is 0 Å². The van der Waals surface area contributed by atoms with Gasteiger partial charge in [-0.05, 0) is 26.0 Å². The van der Waals surface area contributed by atoms with Crippen molar-refractivity contribution >= 4 is 5.91 Å². The number of carbonyl (C=O) groups is 1. The molecule has 0 atom stereocenters. The third-order valence-electron chi connectivity index (χ3n) is 2.98. The topological polar surface area (TPSA) is 33.5 Å². The SMILES string of the molecule is Cc1cc(C(=O)N(C)Cc2ccccc2F)c(C)o1. The second-order valence-corrected chi connectivity index (χ2v) is 4.58. The highest BCUT2D eigenvalue weighted by atomic mass is 19.1. The first kappa shape index (κ1) is 13.3. The number of furan rings is 1. The lowest BCUT2D eigenvalue weighted by molar-refractivity contribution is 0.0782. The van der Waals surface area contributed by atoms with E-state index in [4.69, 9.17) is 4.42 Å². The first-order chi connectivity index (χ1) is 8.99. The van der Waals surface area contributed by atoms with Crippen LogP contribution in [0.25, 0.3) is 0 Å². The van der Waals surface area contributed by atoms with Crippen LogP contribution in [-0.2, 0) is 6.54 Å². The van der Waals surface area contributed by atoms with Crippen LogP contribution in [0, 0.1) is 19.7 Å². The summed E-state index contributed by atoms with van der Waals surface area (Å²) in [7, 11) is 1.65. The van der Waals surface area contributed by atoms with Crippen LogP contribution < -0.4 is 0 Å². The summed E-state index contributed by atoms with van der Waals surface area (Å²) < 4.78 is 18.9. The second kappa shape index (κ2) is 5.26. The third kappa shape index (κ3) is 2.84. The molecule has 0 aliphatic carbocycles. The van der Waals surface area contributed by atoms with E-state index in [0.717, 1.165) is 0 Å². The van der Waals surface area contributed by atoms with Gasteiger partial charge in [0, 0.05) is 19.2 Å². The quantitative estimate of drug-likeness (QED) is 0.849. The Morgan fingerprint density at radius 1 is 1.32 bits per heavy atom. The predicted molar refractivity (Wildman–Crippen MR) is 70.4 cm³/mol. The first-order valence-electron chi connectivity index (χ1n) is 6.05. The summed E-state index contributed by atoms with van der Waals surface area (Å²) in [5, 5.41) is 0. The third-order valence-corrected chi connectivity index (χ3v) is 2.98. The standard InChI is InChI=1S/C15H16FNO2/c1-10-8-13(11(2)19-10)15(18)17(3)9-12-6-4-5-7-14(12)16/h4-8H,9H2,1-3H3. The second-order valence-electron chi connectivity index (χ2n) is 4.58. The maximum Gasteiger partial charge on any atom is 0.257 e. The molecule has 0 saturated heterocycles. The van der Waals surface area contributed by atoms with Gasteiger partial charge in [-0.25, -0.2) is 4.39 Å². The number of hydrogen-bond donors (Lipinski definition) is 0. The van der Waals surface area contributed by atoms with Crippen molar-refractivity contribution in [2.75, 3.05) is 7.05 Å². The molecule has 2 rings (SSSR count). The Kier molecular flexibility index (Phi) is 3.69. The van der Waals surface area contributed by atoms with Crippen molar-refractivity contribution in [3.05, 3.63) is 58.8 Å². The maximum absolute atomic E-state index is 13.5. The molecule has 0 aliphatic rings. The van der Waals surface area contributed by atoms with E-state index in [9.17, 15) is 9.18 Å². The number of nitrogens with zero attached hydrogens (tertiary/aromatic N) is 1. The van der Waals surface area contributed by atoms with E-state index in [0.29, 0.717) is 22.6 Å². The van der Waals surface area contributed by atoms with Crippen molar-refractivity contribution < 1.29 is 13.6 Å². The van der Waals surface area contributed by atoms with Gasteiger partial charge < -0.3 is 9.32 Å². The van der Waals surface area contributed by atoms with E-state index >= 15 is 0 Å². The lowest BCUT2D eigenvalue weighted by Gasteiger charge is -2.17. The maximum atomic E-state index is 13.5. The van der Waals surface area contributed by atoms with Crippen molar-refractivity contribution in [2.45, 2.75) is 20.4 Å². The molecule has 0 radical (unpaired) electrons. The summed E-state index contributed by atoms with van der Waals surface area (Å²) >= 11 is 0. The minimum atomic E-state index is -0.303. The zero-order valence-electron chi connectivity index (χ0n) is 11.2. The van der Waals surface area contributed by atoms with Crippen LogP contribution in [0.1, 0.15) is 27.4 Å². The number of hydrogen-bond acceptors (Lipinski definition) is 2.